The minimum absolute atomic E-state index is 0. The summed E-state index contributed by atoms with van der Waals surface area (Å²) in [6, 6.07) is 0. The average Bonchev–Trinajstić information content (AvgIpc) is 2.11. The minimum Gasteiger partial charge on any atom is -0.461 e. The molecule has 4 nitrogen and oxygen atoms in total. The zero-order chi connectivity index (χ0) is 9.40. The predicted molar refractivity (Wildman–Crippen MR) is 55.4 cm³/mol. The van der Waals surface area contributed by atoms with Gasteiger partial charge in [0, 0.05) is 29.6 Å². The number of carbonyl (C=O) groups excluding carboxylic acids is 2. The van der Waals surface area contributed by atoms with E-state index in [2.05, 4.69) is 34.7 Å². The van der Waals surface area contributed by atoms with Crippen LogP contribution in [0.1, 0.15) is 0 Å². The molecule has 0 spiro atoms. The fourth-order valence-electron chi connectivity index (χ4n) is 0.402. The average molecular weight is 233 g/mol. The van der Waals surface area contributed by atoms with Crippen LogP contribution >= 0.6 is 25.3 Å². The molecule has 0 bridgehead atoms. The van der Waals surface area contributed by atoms with Gasteiger partial charge in [-0.15, -0.1) is 0 Å². The Morgan fingerprint density at radius 2 is 1.23 bits per heavy atom. The molecule has 0 saturated carbocycles. The van der Waals surface area contributed by atoms with Gasteiger partial charge in [-0.25, -0.2) is 0 Å². The van der Waals surface area contributed by atoms with Gasteiger partial charge in [0.25, 0.3) is 0 Å². The molecule has 71 valence electrons. The van der Waals surface area contributed by atoms with Gasteiger partial charge in [0.2, 0.25) is 0 Å². The Bertz CT molecular complexity index is 147. The van der Waals surface area contributed by atoms with Crippen molar-refractivity contribution in [3.05, 3.63) is 0 Å². The van der Waals surface area contributed by atoms with Crippen molar-refractivity contribution < 1.29 is 19.1 Å². The van der Waals surface area contributed by atoms with Gasteiger partial charge >= 0.3 is 11.9 Å². The van der Waals surface area contributed by atoms with E-state index >= 15 is 0 Å². The molecule has 0 N–H and O–H groups in total. The molecule has 0 saturated heterocycles. The minimum atomic E-state index is -0.430. The van der Waals surface area contributed by atoms with Crippen molar-refractivity contribution >= 4 is 66.8 Å². The van der Waals surface area contributed by atoms with Crippen LogP contribution < -0.4 is 0 Å². The van der Waals surface area contributed by atoms with Crippen LogP contribution in [0.4, 0.5) is 0 Å². The number of rotatable bonds is 5. The van der Waals surface area contributed by atoms with Gasteiger partial charge in [0.1, 0.15) is 13.2 Å². The molecule has 0 unspecified atom stereocenters. The standard InChI is InChI=1S/C6H10O4S2.Na/c7-5(3-11)9-1-2-10-6(8)4-12;/h11-12H,1-4H2;. The first kappa shape index (κ1) is 16.1. The maximum absolute atomic E-state index is 10.5. The second-order valence-corrected chi connectivity index (χ2v) is 2.39. The van der Waals surface area contributed by atoms with E-state index in [1.807, 2.05) is 0 Å². The number of hydrogen-bond donors (Lipinski definition) is 2. The summed E-state index contributed by atoms with van der Waals surface area (Å²) in [5.74, 6) is -0.804. The first-order valence-electron chi connectivity index (χ1n) is 3.23. The molecule has 0 aromatic carbocycles. The van der Waals surface area contributed by atoms with Crippen molar-refractivity contribution in [2.24, 2.45) is 0 Å². The maximum atomic E-state index is 10.5. The number of hydrogen-bond acceptors (Lipinski definition) is 6. The molecular weight excluding hydrogens is 223 g/mol. The zero-order valence-electron chi connectivity index (χ0n) is 7.36. The molecule has 7 heteroatoms. The Labute approximate surface area is 110 Å². The fourth-order valence-corrected chi connectivity index (χ4v) is 0.585. The predicted octanol–water partition coefficient (Wildman–Crippen LogP) is -0.448. The Kier molecular flexibility index (Phi) is 13.3. The molecule has 0 aliphatic rings. The molecule has 0 heterocycles. The second-order valence-electron chi connectivity index (χ2n) is 1.76. The largest absolute Gasteiger partial charge is 0.461 e. The summed E-state index contributed by atoms with van der Waals surface area (Å²) in [4.78, 5) is 20.9. The molecule has 0 atom stereocenters. The van der Waals surface area contributed by atoms with Crippen LogP contribution in [-0.2, 0) is 19.1 Å². The summed E-state index contributed by atoms with van der Waals surface area (Å²) < 4.78 is 9.14. The van der Waals surface area contributed by atoms with Crippen LogP contribution in [0.25, 0.3) is 0 Å². The van der Waals surface area contributed by atoms with Gasteiger partial charge in [-0.2, -0.15) is 25.3 Å². The molecule has 0 aromatic heterocycles. The van der Waals surface area contributed by atoms with Crippen LogP contribution in [0, 0.1) is 0 Å². The van der Waals surface area contributed by atoms with Crippen LogP contribution in [0.15, 0.2) is 0 Å². The van der Waals surface area contributed by atoms with E-state index < -0.39 is 11.9 Å². The maximum Gasteiger partial charge on any atom is 0.315 e. The van der Waals surface area contributed by atoms with E-state index in [-0.39, 0.29) is 54.3 Å². The summed E-state index contributed by atoms with van der Waals surface area (Å²) in [5.41, 5.74) is 0. The number of carbonyl (C=O) groups is 2. The van der Waals surface area contributed by atoms with Crippen molar-refractivity contribution in [3.8, 4) is 0 Å². The van der Waals surface area contributed by atoms with Crippen LogP contribution in [0.5, 0.6) is 0 Å². The first-order chi connectivity index (χ1) is 5.70. The second kappa shape index (κ2) is 10.7. The molecular formula is C6H10NaO4S2. The van der Waals surface area contributed by atoms with Crippen molar-refractivity contribution in [1.82, 2.24) is 0 Å². The smallest absolute Gasteiger partial charge is 0.315 e. The Hall–Kier alpha value is 0.640. The number of ether oxygens (including phenoxy) is 2. The topological polar surface area (TPSA) is 52.6 Å². The summed E-state index contributed by atoms with van der Waals surface area (Å²) in [7, 11) is 0. The first-order valence-corrected chi connectivity index (χ1v) is 4.50. The van der Waals surface area contributed by atoms with Crippen LogP contribution in [-0.4, -0.2) is 66.2 Å². The normalized spacial score (nSPS) is 8.46. The van der Waals surface area contributed by atoms with E-state index in [9.17, 15) is 9.59 Å². The molecule has 0 amide bonds. The van der Waals surface area contributed by atoms with Crippen LogP contribution in [0.2, 0.25) is 0 Å². The van der Waals surface area contributed by atoms with E-state index in [4.69, 9.17) is 0 Å². The molecule has 0 aromatic rings. The molecule has 13 heavy (non-hydrogen) atoms. The van der Waals surface area contributed by atoms with Crippen molar-refractivity contribution in [3.63, 3.8) is 0 Å². The van der Waals surface area contributed by atoms with E-state index in [0.29, 0.717) is 0 Å². The van der Waals surface area contributed by atoms with Gasteiger partial charge in [-0.05, 0) is 0 Å². The SMILES string of the molecule is O=C(CS)OCCOC(=O)CS.[Na]. The summed E-state index contributed by atoms with van der Waals surface area (Å²) in [6.07, 6.45) is 0. The third-order valence-electron chi connectivity index (χ3n) is 0.868. The quantitative estimate of drug-likeness (QED) is 0.292. The molecule has 0 fully saturated rings. The molecule has 0 aliphatic heterocycles. The van der Waals surface area contributed by atoms with Crippen molar-refractivity contribution in [2.75, 3.05) is 24.7 Å². The van der Waals surface area contributed by atoms with Gasteiger partial charge in [0.15, 0.2) is 0 Å². The van der Waals surface area contributed by atoms with Gasteiger partial charge in [0.05, 0.1) is 11.5 Å². The van der Waals surface area contributed by atoms with E-state index in [1.54, 1.807) is 0 Å². The monoisotopic (exact) mass is 233 g/mol. The van der Waals surface area contributed by atoms with Crippen LogP contribution in [0.3, 0.4) is 0 Å². The molecule has 0 aliphatic carbocycles. The Morgan fingerprint density at radius 3 is 1.46 bits per heavy atom. The van der Waals surface area contributed by atoms with Crippen molar-refractivity contribution in [2.45, 2.75) is 0 Å². The van der Waals surface area contributed by atoms with E-state index in [1.165, 1.54) is 0 Å². The Morgan fingerprint density at radius 1 is 0.923 bits per heavy atom. The summed E-state index contributed by atoms with van der Waals surface area (Å²) in [6.45, 7) is 0.137. The van der Waals surface area contributed by atoms with E-state index in [0.717, 1.165) is 0 Å². The fraction of sp³-hybridized carbons (Fsp3) is 0.667. The Balaban J connectivity index is 0. The number of esters is 2. The van der Waals surface area contributed by atoms with Gasteiger partial charge in [-0.1, -0.05) is 0 Å². The summed E-state index contributed by atoms with van der Waals surface area (Å²) >= 11 is 7.36. The number of thiol groups is 2. The molecule has 1 radical (unpaired) electrons. The van der Waals surface area contributed by atoms with Gasteiger partial charge in [-0.3, -0.25) is 9.59 Å². The van der Waals surface area contributed by atoms with Crippen molar-refractivity contribution in [1.29, 1.82) is 0 Å². The van der Waals surface area contributed by atoms with Gasteiger partial charge < -0.3 is 9.47 Å². The third-order valence-corrected chi connectivity index (χ3v) is 1.38. The summed E-state index contributed by atoms with van der Waals surface area (Å²) in [5, 5.41) is 0. The molecule has 0 rings (SSSR count). The zero-order valence-corrected chi connectivity index (χ0v) is 11.1. The third kappa shape index (κ3) is 10.6.